The quantitative estimate of drug-likeness (QED) is 0.620. The maximum atomic E-state index is 14.2. The molecule has 0 N–H and O–H groups in total. The van der Waals surface area contributed by atoms with Crippen LogP contribution in [0.4, 0.5) is 14.5 Å². The molecule has 30 heavy (non-hydrogen) atoms. The lowest BCUT2D eigenvalue weighted by Gasteiger charge is -2.38. The first-order valence-corrected chi connectivity index (χ1v) is 10.6. The summed E-state index contributed by atoms with van der Waals surface area (Å²) in [6, 6.07) is 12.2. The number of fused-ring (bicyclic) bond motifs is 3. The standard InChI is InChI=1S/C21H17F2N3O3S/c1-3-18-19-8-7-13(12-24)25(19)20-10-16(22)17(23)11-21(20)26(18)30(27,28)15-6-4-5-14(9-15)29-2/h4-11,18H,3H2,1-2H3. The Kier molecular flexibility index (Phi) is 4.74. The molecule has 6 nitrogen and oxygen atoms in total. The molecule has 1 atom stereocenters. The minimum Gasteiger partial charge on any atom is -0.497 e. The van der Waals surface area contributed by atoms with Crippen LogP contribution in [0.25, 0.3) is 5.69 Å². The predicted octanol–water partition coefficient (Wildman–Crippen LogP) is 4.30. The number of hydrogen-bond donors (Lipinski definition) is 0. The van der Waals surface area contributed by atoms with Crippen LogP contribution in [-0.4, -0.2) is 20.1 Å². The van der Waals surface area contributed by atoms with Crippen LogP contribution in [0.15, 0.2) is 53.4 Å². The van der Waals surface area contributed by atoms with Gasteiger partial charge < -0.3 is 9.30 Å². The van der Waals surface area contributed by atoms with E-state index in [1.165, 1.54) is 29.9 Å². The van der Waals surface area contributed by atoms with Crippen molar-refractivity contribution in [1.29, 1.82) is 5.26 Å². The van der Waals surface area contributed by atoms with Gasteiger partial charge in [-0.25, -0.2) is 17.2 Å². The zero-order chi connectivity index (χ0) is 21.6. The Morgan fingerprint density at radius 2 is 1.80 bits per heavy atom. The molecule has 0 amide bonds. The zero-order valence-electron chi connectivity index (χ0n) is 16.1. The number of hydrogen-bond acceptors (Lipinski definition) is 4. The summed E-state index contributed by atoms with van der Waals surface area (Å²) in [5.41, 5.74) is 0.749. The Bertz CT molecular complexity index is 1300. The van der Waals surface area contributed by atoms with Gasteiger partial charge in [0.2, 0.25) is 0 Å². The number of benzene rings is 2. The molecule has 3 aromatic rings. The summed E-state index contributed by atoms with van der Waals surface area (Å²) in [6.45, 7) is 1.78. The summed E-state index contributed by atoms with van der Waals surface area (Å²) < 4.78 is 63.3. The molecule has 1 aromatic heterocycles. The normalized spacial score (nSPS) is 15.3. The van der Waals surface area contributed by atoms with Gasteiger partial charge in [-0.2, -0.15) is 5.26 Å². The van der Waals surface area contributed by atoms with Crippen LogP contribution in [-0.2, 0) is 10.0 Å². The lowest BCUT2D eigenvalue weighted by molar-refractivity contribution is 0.413. The van der Waals surface area contributed by atoms with Crippen LogP contribution in [0.2, 0.25) is 0 Å². The Hall–Kier alpha value is -3.38. The molecule has 0 radical (unpaired) electrons. The maximum Gasteiger partial charge on any atom is 0.265 e. The summed E-state index contributed by atoms with van der Waals surface area (Å²) in [6.07, 6.45) is 0.344. The average Bonchev–Trinajstić information content (AvgIpc) is 3.18. The van der Waals surface area contributed by atoms with Crippen molar-refractivity contribution >= 4 is 15.7 Å². The molecule has 0 spiro atoms. The largest absolute Gasteiger partial charge is 0.497 e. The van der Waals surface area contributed by atoms with E-state index in [0.717, 1.165) is 16.4 Å². The summed E-state index contributed by atoms with van der Waals surface area (Å²) >= 11 is 0. The van der Waals surface area contributed by atoms with Crippen molar-refractivity contribution in [2.45, 2.75) is 24.3 Å². The first-order chi connectivity index (χ1) is 14.3. The van der Waals surface area contributed by atoms with Crippen LogP contribution in [0.1, 0.15) is 30.8 Å². The van der Waals surface area contributed by atoms with Crippen LogP contribution < -0.4 is 9.04 Å². The highest BCUT2D eigenvalue weighted by Crippen LogP contribution is 2.45. The topological polar surface area (TPSA) is 75.3 Å². The smallest absolute Gasteiger partial charge is 0.265 e. The Balaban J connectivity index is 2.03. The molecular weight excluding hydrogens is 412 g/mol. The van der Waals surface area contributed by atoms with Gasteiger partial charge in [-0.3, -0.25) is 4.31 Å². The van der Waals surface area contributed by atoms with Gasteiger partial charge in [0.1, 0.15) is 17.5 Å². The third-order valence-electron chi connectivity index (χ3n) is 5.13. The number of anilines is 1. The first-order valence-electron chi connectivity index (χ1n) is 9.13. The first kappa shape index (κ1) is 19.9. The summed E-state index contributed by atoms with van der Waals surface area (Å²) in [7, 11) is -2.75. The highest BCUT2D eigenvalue weighted by Gasteiger charge is 2.40. The van der Waals surface area contributed by atoms with E-state index >= 15 is 0 Å². The third kappa shape index (κ3) is 2.83. The Labute approximate surface area is 172 Å². The highest BCUT2D eigenvalue weighted by molar-refractivity contribution is 7.92. The van der Waals surface area contributed by atoms with Crippen molar-refractivity contribution in [3.8, 4) is 17.5 Å². The van der Waals surface area contributed by atoms with Crippen molar-refractivity contribution in [3.63, 3.8) is 0 Å². The predicted molar refractivity (Wildman–Crippen MR) is 106 cm³/mol. The Morgan fingerprint density at radius 1 is 1.10 bits per heavy atom. The summed E-state index contributed by atoms with van der Waals surface area (Å²) in [4.78, 5) is -0.0449. The van der Waals surface area contributed by atoms with Crippen molar-refractivity contribution in [3.05, 3.63) is 71.6 Å². The van der Waals surface area contributed by atoms with Crippen LogP contribution >= 0.6 is 0 Å². The molecule has 2 aromatic carbocycles. The molecule has 0 bridgehead atoms. The van der Waals surface area contributed by atoms with Gasteiger partial charge in [-0.15, -0.1) is 0 Å². The number of nitrogens with zero attached hydrogens (tertiary/aromatic N) is 3. The molecule has 1 unspecified atom stereocenters. The second kappa shape index (κ2) is 7.15. The lowest BCUT2D eigenvalue weighted by atomic mass is 10.1. The van der Waals surface area contributed by atoms with Gasteiger partial charge in [0.05, 0.1) is 29.4 Å². The van der Waals surface area contributed by atoms with E-state index in [4.69, 9.17) is 4.74 Å². The van der Waals surface area contributed by atoms with E-state index in [1.54, 1.807) is 25.1 Å². The molecular formula is C21H17F2N3O3S. The van der Waals surface area contributed by atoms with E-state index in [2.05, 4.69) is 0 Å². The molecule has 0 fully saturated rings. The molecule has 0 saturated carbocycles. The average molecular weight is 429 g/mol. The number of methoxy groups -OCH3 is 1. The highest BCUT2D eigenvalue weighted by atomic mass is 32.2. The van der Waals surface area contributed by atoms with E-state index < -0.39 is 27.7 Å². The van der Waals surface area contributed by atoms with Gasteiger partial charge in [0, 0.05) is 23.9 Å². The fraction of sp³-hybridized carbons (Fsp3) is 0.190. The van der Waals surface area contributed by atoms with Crippen LogP contribution in [0.5, 0.6) is 5.75 Å². The molecule has 4 rings (SSSR count). The van der Waals surface area contributed by atoms with Gasteiger partial charge in [-0.05, 0) is 30.7 Å². The third-order valence-corrected chi connectivity index (χ3v) is 6.95. The van der Waals surface area contributed by atoms with Gasteiger partial charge in [0.15, 0.2) is 11.6 Å². The minimum absolute atomic E-state index is 0.0382. The number of ether oxygens (including phenoxy) is 1. The molecule has 0 aliphatic carbocycles. The van der Waals surface area contributed by atoms with Gasteiger partial charge in [0.25, 0.3) is 10.0 Å². The molecule has 2 heterocycles. The number of rotatable bonds is 4. The van der Waals surface area contributed by atoms with Crippen molar-refractivity contribution in [2.75, 3.05) is 11.4 Å². The molecule has 1 aliphatic rings. The number of aromatic nitrogens is 1. The fourth-order valence-corrected chi connectivity index (χ4v) is 5.53. The summed E-state index contributed by atoms with van der Waals surface area (Å²) in [5, 5.41) is 9.47. The molecule has 154 valence electrons. The van der Waals surface area contributed by atoms with E-state index in [0.29, 0.717) is 17.9 Å². The monoisotopic (exact) mass is 429 g/mol. The van der Waals surface area contributed by atoms with Crippen molar-refractivity contribution < 1.29 is 21.9 Å². The molecule has 9 heteroatoms. The SMILES string of the molecule is CCC1c2ccc(C#N)n2-c2cc(F)c(F)cc2N1S(=O)(=O)c1cccc(OC)c1. The second-order valence-electron chi connectivity index (χ2n) is 6.75. The number of sulfonamides is 1. The second-order valence-corrected chi connectivity index (χ2v) is 8.56. The van der Waals surface area contributed by atoms with E-state index in [9.17, 15) is 22.5 Å². The van der Waals surface area contributed by atoms with Gasteiger partial charge in [-0.1, -0.05) is 13.0 Å². The minimum atomic E-state index is -4.17. The van der Waals surface area contributed by atoms with E-state index in [1.807, 2.05) is 6.07 Å². The fourth-order valence-electron chi connectivity index (χ4n) is 3.79. The number of halogens is 2. The maximum absolute atomic E-state index is 14.2. The van der Waals surface area contributed by atoms with Crippen molar-refractivity contribution in [2.24, 2.45) is 0 Å². The molecule has 1 aliphatic heterocycles. The van der Waals surface area contributed by atoms with Crippen LogP contribution in [0, 0.1) is 23.0 Å². The van der Waals surface area contributed by atoms with Crippen molar-refractivity contribution in [1.82, 2.24) is 4.57 Å². The number of nitriles is 1. The summed E-state index contributed by atoms with van der Waals surface area (Å²) in [5.74, 6) is -1.96. The van der Waals surface area contributed by atoms with Crippen LogP contribution in [0.3, 0.4) is 0 Å². The van der Waals surface area contributed by atoms with Gasteiger partial charge >= 0.3 is 0 Å². The lowest BCUT2D eigenvalue weighted by Crippen LogP contribution is -2.39. The molecule has 0 saturated heterocycles. The zero-order valence-corrected chi connectivity index (χ0v) is 17.0. The van der Waals surface area contributed by atoms with E-state index in [-0.39, 0.29) is 22.0 Å². The Morgan fingerprint density at radius 3 is 2.43 bits per heavy atom.